The molecule has 15 heavy (non-hydrogen) atoms. The first-order valence-corrected chi connectivity index (χ1v) is 4.90. The summed E-state index contributed by atoms with van der Waals surface area (Å²) < 4.78 is 27.7. The van der Waals surface area contributed by atoms with Gasteiger partial charge in [0.25, 0.3) is 6.43 Å². The first-order valence-electron chi connectivity index (χ1n) is 4.90. The number of unbranched alkanes of at least 4 members (excludes halogenated alkanes) is 1. The molecule has 90 valence electrons. The number of ether oxygens (including phenoxy) is 1. The van der Waals surface area contributed by atoms with Gasteiger partial charge in [-0.2, -0.15) is 0 Å². The van der Waals surface area contributed by atoms with Gasteiger partial charge in [-0.15, -0.1) is 0 Å². The van der Waals surface area contributed by atoms with Crippen LogP contribution in [0.25, 0.3) is 0 Å². The van der Waals surface area contributed by atoms with E-state index in [-0.39, 0.29) is 25.7 Å². The number of aliphatic hydroxyl groups is 1. The summed E-state index contributed by atoms with van der Waals surface area (Å²) in [7, 11) is 0. The zero-order valence-electron chi connectivity index (χ0n) is 8.55. The van der Waals surface area contributed by atoms with E-state index in [1.54, 1.807) is 0 Å². The third kappa shape index (κ3) is 11.2. The number of carbonyl (C=O) groups is 1. The van der Waals surface area contributed by atoms with Crippen molar-refractivity contribution >= 4 is 5.91 Å². The molecule has 0 radical (unpaired) electrons. The van der Waals surface area contributed by atoms with Gasteiger partial charge in [0.05, 0.1) is 6.61 Å². The van der Waals surface area contributed by atoms with Crippen molar-refractivity contribution in [1.82, 2.24) is 5.32 Å². The predicted octanol–water partition coefficient (Wildman–Crippen LogP) is 0.547. The highest BCUT2D eigenvalue weighted by molar-refractivity contribution is 5.75. The van der Waals surface area contributed by atoms with Crippen molar-refractivity contribution in [1.29, 1.82) is 0 Å². The van der Waals surface area contributed by atoms with Crippen molar-refractivity contribution in [3.63, 3.8) is 0 Å². The largest absolute Gasteiger partial charge is 0.396 e. The number of alkyl halides is 2. The van der Waals surface area contributed by atoms with Crippen LogP contribution < -0.4 is 5.32 Å². The molecule has 2 N–H and O–H groups in total. The molecular formula is C9H17F2NO3. The fourth-order valence-corrected chi connectivity index (χ4v) is 0.921. The summed E-state index contributed by atoms with van der Waals surface area (Å²) in [5.74, 6) is -0.149. The molecule has 0 aliphatic carbocycles. The average Bonchev–Trinajstić information content (AvgIpc) is 2.17. The van der Waals surface area contributed by atoms with Gasteiger partial charge in [0.2, 0.25) is 5.91 Å². The number of aliphatic hydroxyl groups excluding tert-OH is 1. The van der Waals surface area contributed by atoms with Gasteiger partial charge in [0, 0.05) is 19.6 Å². The third-order valence-corrected chi connectivity index (χ3v) is 1.62. The molecular weight excluding hydrogens is 208 g/mol. The average molecular weight is 225 g/mol. The minimum atomic E-state index is -2.47. The Morgan fingerprint density at radius 2 is 2.13 bits per heavy atom. The van der Waals surface area contributed by atoms with Crippen molar-refractivity contribution < 1.29 is 23.4 Å². The van der Waals surface area contributed by atoms with E-state index >= 15 is 0 Å². The van der Waals surface area contributed by atoms with E-state index in [0.717, 1.165) is 0 Å². The standard InChI is InChI=1S/C9H17F2NO3/c10-8(11)7-15-6-4-12-9(14)3-1-2-5-13/h8,13H,1-7H2,(H,12,14). The van der Waals surface area contributed by atoms with Gasteiger partial charge in [-0.1, -0.05) is 0 Å². The summed E-state index contributed by atoms with van der Waals surface area (Å²) in [5.41, 5.74) is 0. The lowest BCUT2D eigenvalue weighted by Crippen LogP contribution is -2.27. The maximum absolute atomic E-state index is 11.6. The van der Waals surface area contributed by atoms with Gasteiger partial charge in [-0.25, -0.2) is 8.78 Å². The molecule has 0 saturated heterocycles. The van der Waals surface area contributed by atoms with E-state index < -0.39 is 13.0 Å². The van der Waals surface area contributed by atoms with Crippen LogP contribution in [0.1, 0.15) is 19.3 Å². The molecule has 0 unspecified atom stereocenters. The number of halogens is 2. The van der Waals surface area contributed by atoms with Crippen LogP contribution in [0.3, 0.4) is 0 Å². The summed E-state index contributed by atoms with van der Waals surface area (Å²) >= 11 is 0. The van der Waals surface area contributed by atoms with Gasteiger partial charge in [0.15, 0.2) is 0 Å². The summed E-state index contributed by atoms with van der Waals surface area (Å²) in [4.78, 5) is 11.0. The second-order valence-corrected chi connectivity index (χ2v) is 3.00. The summed E-state index contributed by atoms with van der Waals surface area (Å²) in [6, 6.07) is 0. The van der Waals surface area contributed by atoms with Gasteiger partial charge < -0.3 is 15.2 Å². The Balaban J connectivity index is 3.17. The number of hydrogen-bond acceptors (Lipinski definition) is 3. The Hall–Kier alpha value is -0.750. The molecule has 0 rings (SSSR count). The normalized spacial score (nSPS) is 10.7. The molecule has 0 aromatic heterocycles. The number of nitrogens with one attached hydrogen (secondary N) is 1. The smallest absolute Gasteiger partial charge is 0.261 e. The van der Waals surface area contributed by atoms with E-state index in [1.165, 1.54) is 0 Å². The maximum Gasteiger partial charge on any atom is 0.261 e. The Labute approximate surface area is 87.6 Å². The number of hydrogen-bond donors (Lipinski definition) is 2. The highest BCUT2D eigenvalue weighted by Gasteiger charge is 2.02. The number of rotatable bonds is 9. The van der Waals surface area contributed by atoms with Crippen molar-refractivity contribution in [2.45, 2.75) is 25.7 Å². The quantitative estimate of drug-likeness (QED) is 0.563. The highest BCUT2D eigenvalue weighted by atomic mass is 19.3. The van der Waals surface area contributed by atoms with Crippen LogP contribution >= 0.6 is 0 Å². The van der Waals surface area contributed by atoms with Crippen molar-refractivity contribution in [3.05, 3.63) is 0 Å². The van der Waals surface area contributed by atoms with E-state index in [9.17, 15) is 13.6 Å². The van der Waals surface area contributed by atoms with Crippen LogP contribution in [-0.4, -0.2) is 43.8 Å². The molecule has 6 heteroatoms. The fraction of sp³-hybridized carbons (Fsp3) is 0.889. The van der Waals surface area contributed by atoms with Crippen LogP contribution in [0, 0.1) is 0 Å². The van der Waals surface area contributed by atoms with Crippen molar-refractivity contribution in [3.8, 4) is 0 Å². The predicted molar refractivity (Wildman–Crippen MR) is 50.8 cm³/mol. The van der Waals surface area contributed by atoms with Gasteiger partial charge in [-0.3, -0.25) is 4.79 Å². The lowest BCUT2D eigenvalue weighted by atomic mass is 10.2. The van der Waals surface area contributed by atoms with Crippen molar-refractivity contribution in [2.24, 2.45) is 0 Å². The molecule has 0 aromatic carbocycles. The van der Waals surface area contributed by atoms with Crippen LogP contribution in [0.4, 0.5) is 8.78 Å². The minimum absolute atomic E-state index is 0.0742. The van der Waals surface area contributed by atoms with Crippen molar-refractivity contribution in [2.75, 3.05) is 26.4 Å². The van der Waals surface area contributed by atoms with E-state index in [4.69, 9.17) is 5.11 Å². The molecule has 4 nitrogen and oxygen atoms in total. The molecule has 0 fully saturated rings. The first kappa shape index (κ1) is 14.2. The summed E-state index contributed by atoms with van der Waals surface area (Å²) in [6.07, 6.45) is -0.907. The number of carbonyl (C=O) groups excluding carboxylic acids is 1. The monoisotopic (exact) mass is 225 g/mol. The SMILES string of the molecule is O=C(CCCCO)NCCOCC(F)F. The highest BCUT2D eigenvalue weighted by Crippen LogP contribution is 1.94. The zero-order chi connectivity index (χ0) is 11.5. The summed E-state index contributed by atoms with van der Waals surface area (Å²) in [6.45, 7) is -0.189. The van der Waals surface area contributed by atoms with Gasteiger partial charge in [0.1, 0.15) is 6.61 Å². The Morgan fingerprint density at radius 3 is 2.73 bits per heavy atom. The van der Waals surface area contributed by atoms with E-state index in [0.29, 0.717) is 19.3 Å². The fourth-order valence-electron chi connectivity index (χ4n) is 0.921. The molecule has 0 bridgehead atoms. The molecule has 0 aromatic rings. The second-order valence-electron chi connectivity index (χ2n) is 3.00. The van der Waals surface area contributed by atoms with Gasteiger partial charge >= 0.3 is 0 Å². The second kappa shape index (κ2) is 9.79. The topological polar surface area (TPSA) is 58.6 Å². The van der Waals surface area contributed by atoms with Crippen LogP contribution in [0.5, 0.6) is 0 Å². The maximum atomic E-state index is 11.6. The summed E-state index contributed by atoms with van der Waals surface area (Å²) in [5, 5.41) is 11.0. The van der Waals surface area contributed by atoms with Crippen LogP contribution in [0.2, 0.25) is 0 Å². The molecule has 1 amide bonds. The van der Waals surface area contributed by atoms with E-state index in [2.05, 4.69) is 10.1 Å². The third-order valence-electron chi connectivity index (χ3n) is 1.62. The minimum Gasteiger partial charge on any atom is -0.396 e. The lowest BCUT2D eigenvalue weighted by Gasteiger charge is -2.05. The Kier molecular flexibility index (Phi) is 9.30. The molecule has 0 spiro atoms. The Morgan fingerprint density at radius 1 is 1.40 bits per heavy atom. The molecule has 0 saturated carbocycles. The first-order chi connectivity index (χ1) is 7.16. The molecule has 0 aliphatic heterocycles. The van der Waals surface area contributed by atoms with Gasteiger partial charge in [-0.05, 0) is 12.8 Å². The Bertz CT molecular complexity index is 167. The zero-order valence-corrected chi connectivity index (χ0v) is 8.55. The van der Waals surface area contributed by atoms with Crippen LogP contribution in [0.15, 0.2) is 0 Å². The lowest BCUT2D eigenvalue weighted by molar-refractivity contribution is -0.121. The molecule has 0 atom stereocenters. The van der Waals surface area contributed by atoms with E-state index in [1.807, 2.05) is 0 Å². The molecule has 0 aliphatic rings. The van der Waals surface area contributed by atoms with Crippen LogP contribution in [-0.2, 0) is 9.53 Å². The number of amides is 1. The molecule has 0 heterocycles.